The van der Waals surface area contributed by atoms with Crippen molar-refractivity contribution in [3.05, 3.63) is 102 Å². The quantitative estimate of drug-likeness (QED) is 0.466. The summed E-state index contributed by atoms with van der Waals surface area (Å²) in [5.41, 5.74) is 6.83. The highest BCUT2D eigenvalue weighted by Crippen LogP contribution is 2.20. The number of amides is 2. The lowest BCUT2D eigenvalue weighted by Gasteiger charge is -2.12. The van der Waals surface area contributed by atoms with E-state index < -0.39 is 11.8 Å². The molecule has 2 N–H and O–H groups in total. The number of carbonyl (C=O) groups excluding carboxylic acids is 2. The summed E-state index contributed by atoms with van der Waals surface area (Å²) in [4.78, 5) is 24.6. The van der Waals surface area contributed by atoms with Crippen LogP contribution in [-0.4, -0.2) is 18.9 Å². The van der Waals surface area contributed by atoms with Gasteiger partial charge in [0.05, 0.1) is 12.7 Å². The highest BCUT2D eigenvalue weighted by Gasteiger charge is 2.12. The molecule has 30 heavy (non-hydrogen) atoms. The molecule has 152 valence electrons. The number of methoxy groups -OCH3 is 1. The standard InChI is InChI=1S/C24H22N2O4/c1-29-21-13-7-5-11-19(21)15-16-23(27)25-26-24(28)20-12-6-8-14-22(20)30-17-18-9-3-2-4-10-18/h2-16H,17H2,1H3,(H,25,27)(H,26,28). The van der Waals surface area contributed by atoms with Crippen molar-refractivity contribution >= 4 is 17.9 Å². The summed E-state index contributed by atoms with van der Waals surface area (Å²) in [6, 6.07) is 23.8. The van der Waals surface area contributed by atoms with Crippen LogP contribution in [0.25, 0.3) is 6.08 Å². The summed E-state index contributed by atoms with van der Waals surface area (Å²) in [5.74, 6) is 0.127. The Balaban J connectivity index is 1.58. The van der Waals surface area contributed by atoms with E-state index >= 15 is 0 Å². The van der Waals surface area contributed by atoms with Gasteiger partial charge in [-0.25, -0.2) is 0 Å². The largest absolute Gasteiger partial charge is 0.496 e. The van der Waals surface area contributed by atoms with Crippen LogP contribution in [0.1, 0.15) is 21.5 Å². The van der Waals surface area contributed by atoms with Gasteiger partial charge in [-0.05, 0) is 29.8 Å². The second-order valence-electron chi connectivity index (χ2n) is 6.29. The van der Waals surface area contributed by atoms with Gasteiger partial charge in [-0.15, -0.1) is 0 Å². The zero-order valence-electron chi connectivity index (χ0n) is 16.5. The maximum Gasteiger partial charge on any atom is 0.273 e. The van der Waals surface area contributed by atoms with Crippen LogP contribution in [0.3, 0.4) is 0 Å². The predicted octanol–water partition coefficient (Wildman–Crippen LogP) is 3.75. The van der Waals surface area contributed by atoms with Gasteiger partial charge in [-0.2, -0.15) is 0 Å². The van der Waals surface area contributed by atoms with Crippen molar-refractivity contribution in [1.82, 2.24) is 10.9 Å². The summed E-state index contributed by atoms with van der Waals surface area (Å²) in [6.45, 7) is 0.332. The molecule has 6 nitrogen and oxygen atoms in total. The van der Waals surface area contributed by atoms with Crippen LogP contribution in [0.2, 0.25) is 0 Å². The molecule has 0 heterocycles. The molecule has 0 aromatic heterocycles. The second kappa shape index (κ2) is 10.5. The van der Waals surface area contributed by atoms with Crippen LogP contribution >= 0.6 is 0 Å². The second-order valence-corrected chi connectivity index (χ2v) is 6.29. The number of hydrogen-bond donors (Lipinski definition) is 2. The number of nitrogens with one attached hydrogen (secondary N) is 2. The van der Waals surface area contributed by atoms with Crippen LogP contribution < -0.4 is 20.3 Å². The molecule has 3 aromatic rings. The summed E-state index contributed by atoms with van der Waals surface area (Å²) in [7, 11) is 1.56. The number of rotatable bonds is 7. The van der Waals surface area contributed by atoms with Gasteiger partial charge < -0.3 is 9.47 Å². The van der Waals surface area contributed by atoms with E-state index in [0.717, 1.165) is 11.1 Å². The highest BCUT2D eigenvalue weighted by molar-refractivity contribution is 5.99. The van der Waals surface area contributed by atoms with Crippen LogP contribution in [-0.2, 0) is 11.4 Å². The van der Waals surface area contributed by atoms with Gasteiger partial charge in [0.1, 0.15) is 18.1 Å². The van der Waals surface area contributed by atoms with E-state index in [9.17, 15) is 9.59 Å². The SMILES string of the molecule is COc1ccccc1C=CC(=O)NNC(=O)c1ccccc1OCc1ccccc1. The summed E-state index contributed by atoms with van der Waals surface area (Å²) < 4.78 is 11.0. The Morgan fingerprint density at radius 1 is 0.833 bits per heavy atom. The van der Waals surface area contributed by atoms with E-state index in [1.54, 1.807) is 43.5 Å². The van der Waals surface area contributed by atoms with E-state index in [1.807, 2.05) is 48.5 Å². The molecule has 0 aliphatic heterocycles. The lowest BCUT2D eigenvalue weighted by Crippen LogP contribution is -2.40. The van der Waals surface area contributed by atoms with Gasteiger partial charge in [0.25, 0.3) is 11.8 Å². The van der Waals surface area contributed by atoms with Crippen LogP contribution in [0.4, 0.5) is 0 Å². The molecule has 0 unspecified atom stereocenters. The monoisotopic (exact) mass is 402 g/mol. The molecule has 3 aromatic carbocycles. The molecule has 0 saturated heterocycles. The predicted molar refractivity (Wildman–Crippen MR) is 115 cm³/mol. The number of carbonyl (C=O) groups is 2. The fourth-order valence-corrected chi connectivity index (χ4v) is 2.71. The molecular weight excluding hydrogens is 380 g/mol. The minimum atomic E-state index is -0.475. The zero-order chi connectivity index (χ0) is 21.2. The first-order chi connectivity index (χ1) is 14.7. The third kappa shape index (κ3) is 5.72. The van der Waals surface area contributed by atoms with Crippen LogP contribution in [0.5, 0.6) is 11.5 Å². The maximum absolute atomic E-state index is 12.5. The van der Waals surface area contributed by atoms with Crippen molar-refractivity contribution in [2.75, 3.05) is 7.11 Å². The average molecular weight is 402 g/mol. The topological polar surface area (TPSA) is 76.7 Å². The van der Waals surface area contributed by atoms with E-state index in [2.05, 4.69) is 10.9 Å². The van der Waals surface area contributed by atoms with E-state index in [-0.39, 0.29) is 0 Å². The van der Waals surface area contributed by atoms with E-state index in [1.165, 1.54) is 6.08 Å². The number of ether oxygens (including phenoxy) is 2. The molecule has 0 fully saturated rings. The third-order valence-electron chi connectivity index (χ3n) is 4.22. The summed E-state index contributed by atoms with van der Waals surface area (Å²) >= 11 is 0. The number of benzene rings is 3. The first-order valence-electron chi connectivity index (χ1n) is 9.34. The first kappa shape index (κ1) is 20.7. The van der Waals surface area contributed by atoms with Crippen molar-refractivity contribution < 1.29 is 19.1 Å². The molecular formula is C24H22N2O4. The first-order valence-corrected chi connectivity index (χ1v) is 9.34. The Labute approximate surface area is 175 Å². The van der Waals surface area contributed by atoms with Crippen LogP contribution in [0, 0.1) is 0 Å². The Morgan fingerprint density at radius 2 is 1.50 bits per heavy atom. The maximum atomic E-state index is 12.5. The van der Waals surface area contributed by atoms with Gasteiger partial charge in [-0.3, -0.25) is 20.4 Å². The number of para-hydroxylation sites is 2. The molecule has 0 spiro atoms. The van der Waals surface area contributed by atoms with Crippen molar-refractivity contribution in [3.8, 4) is 11.5 Å². The molecule has 0 aliphatic carbocycles. The number of hydrogen-bond acceptors (Lipinski definition) is 4. The lowest BCUT2D eigenvalue weighted by molar-refractivity contribution is -0.117. The molecule has 0 saturated carbocycles. The molecule has 0 bridgehead atoms. The van der Waals surface area contributed by atoms with Crippen molar-refractivity contribution in [1.29, 1.82) is 0 Å². The van der Waals surface area contributed by atoms with Gasteiger partial charge in [0.2, 0.25) is 0 Å². The Morgan fingerprint density at radius 3 is 2.27 bits per heavy atom. The fourth-order valence-electron chi connectivity index (χ4n) is 2.71. The van der Waals surface area contributed by atoms with Gasteiger partial charge in [0, 0.05) is 11.6 Å². The van der Waals surface area contributed by atoms with Crippen LogP contribution in [0.15, 0.2) is 84.9 Å². The summed E-state index contributed by atoms with van der Waals surface area (Å²) in [6.07, 6.45) is 2.92. The number of hydrazine groups is 1. The minimum absolute atomic E-state index is 0.322. The molecule has 6 heteroatoms. The minimum Gasteiger partial charge on any atom is -0.496 e. The van der Waals surface area contributed by atoms with E-state index in [0.29, 0.717) is 23.7 Å². The normalized spacial score (nSPS) is 10.4. The molecule has 0 radical (unpaired) electrons. The summed E-state index contributed by atoms with van der Waals surface area (Å²) in [5, 5.41) is 0. The Bertz CT molecular complexity index is 1030. The van der Waals surface area contributed by atoms with Crippen molar-refractivity contribution in [2.24, 2.45) is 0 Å². The Kier molecular flexibility index (Phi) is 7.22. The zero-order valence-corrected chi connectivity index (χ0v) is 16.5. The van der Waals surface area contributed by atoms with Crippen molar-refractivity contribution in [2.45, 2.75) is 6.61 Å². The molecule has 3 rings (SSSR count). The van der Waals surface area contributed by atoms with Gasteiger partial charge in [0.15, 0.2) is 0 Å². The molecule has 0 atom stereocenters. The lowest BCUT2D eigenvalue weighted by atomic mass is 10.2. The van der Waals surface area contributed by atoms with Crippen molar-refractivity contribution in [3.63, 3.8) is 0 Å². The molecule has 2 amide bonds. The Hall–Kier alpha value is -4.06. The highest BCUT2D eigenvalue weighted by atomic mass is 16.5. The molecule has 0 aliphatic rings. The van der Waals surface area contributed by atoms with Gasteiger partial charge >= 0.3 is 0 Å². The van der Waals surface area contributed by atoms with E-state index in [4.69, 9.17) is 9.47 Å². The van der Waals surface area contributed by atoms with Gasteiger partial charge in [-0.1, -0.05) is 60.7 Å². The fraction of sp³-hybridized carbons (Fsp3) is 0.0833. The average Bonchev–Trinajstić information content (AvgIpc) is 2.80. The smallest absolute Gasteiger partial charge is 0.273 e. The third-order valence-corrected chi connectivity index (χ3v) is 4.22.